The Hall–Kier alpha value is -0.700. The van der Waals surface area contributed by atoms with Gasteiger partial charge in [0.1, 0.15) is 0 Å². The zero-order valence-corrected chi connectivity index (χ0v) is 8.84. The van der Waals surface area contributed by atoms with E-state index in [1.54, 1.807) is 0 Å². The van der Waals surface area contributed by atoms with E-state index in [1.165, 1.54) is 6.21 Å². The first-order valence-corrected chi connectivity index (χ1v) is 4.79. The van der Waals surface area contributed by atoms with Crippen LogP contribution in [0.3, 0.4) is 0 Å². The molecule has 0 aliphatic carbocycles. The number of hydrogen-bond acceptors (Lipinski definition) is 3. The van der Waals surface area contributed by atoms with Gasteiger partial charge in [0.25, 0.3) is 0 Å². The van der Waals surface area contributed by atoms with Crippen LogP contribution in [0.1, 0.15) is 33.6 Å². The van der Waals surface area contributed by atoms with Gasteiger partial charge in [-0.3, -0.25) is 9.79 Å². The molecule has 0 bridgehead atoms. The number of Topliss-reactive ketones (excluding diaryl/α,β-unsaturated/α-hetero) is 1. The number of carbonyl (C=O) groups is 1. The van der Waals surface area contributed by atoms with Gasteiger partial charge in [-0.2, -0.15) is 0 Å². The molecule has 0 heterocycles. The zero-order valence-electron chi connectivity index (χ0n) is 8.84. The van der Waals surface area contributed by atoms with Crippen LogP contribution in [-0.4, -0.2) is 25.1 Å². The van der Waals surface area contributed by atoms with Crippen molar-refractivity contribution < 1.29 is 4.79 Å². The molecule has 13 heavy (non-hydrogen) atoms. The third kappa shape index (κ3) is 4.78. The van der Waals surface area contributed by atoms with Gasteiger partial charge in [0, 0.05) is 18.5 Å². The van der Waals surface area contributed by atoms with Crippen molar-refractivity contribution in [1.82, 2.24) is 0 Å². The minimum Gasteiger partial charge on any atom is -0.329 e. The molecule has 3 heteroatoms. The average Bonchev–Trinajstić information content (AvgIpc) is 2.12. The van der Waals surface area contributed by atoms with E-state index in [9.17, 15) is 4.79 Å². The van der Waals surface area contributed by atoms with E-state index in [4.69, 9.17) is 5.73 Å². The molecule has 0 fully saturated rings. The smallest absolute Gasteiger partial charge is 0.180 e. The average molecular weight is 184 g/mol. The van der Waals surface area contributed by atoms with Gasteiger partial charge >= 0.3 is 0 Å². The van der Waals surface area contributed by atoms with E-state index >= 15 is 0 Å². The first-order valence-electron chi connectivity index (χ1n) is 4.79. The summed E-state index contributed by atoms with van der Waals surface area (Å²) in [5.74, 6) is 0.0195. The van der Waals surface area contributed by atoms with Crippen LogP contribution in [0, 0.1) is 5.41 Å². The molecule has 0 aromatic rings. The summed E-state index contributed by atoms with van der Waals surface area (Å²) < 4.78 is 0. The predicted octanol–water partition coefficient (Wildman–Crippen LogP) is 1.41. The first kappa shape index (κ1) is 12.3. The molecule has 3 nitrogen and oxygen atoms in total. The Balaban J connectivity index is 3.92. The molecule has 0 rings (SSSR count). The topological polar surface area (TPSA) is 55.5 Å². The van der Waals surface area contributed by atoms with E-state index in [0.29, 0.717) is 6.54 Å². The Labute approximate surface area is 80.4 Å². The minimum absolute atomic E-state index is 0.0195. The molecule has 0 atom stereocenters. The number of nitrogens with two attached hydrogens (primary N) is 1. The number of ketones is 1. The highest BCUT2D eigenvalue weighted by Gasteiger charge is 2.23. The molecule has 0 aliphatic heterocycles. The molecule has 0 radical (unpaired) electrons. The third-order valence-corrected chi connectivity index (χ3v) is 2.03. The van der Waals surface area contributed by atoms with Crippen molar-refractivity contribution in [3.8, 4) is 0 Å². The number of hydrogen-bond donors (Lipinski definition) is 1. The highest BCUT2D eigenvalue weighted by Crippen LogP contribution is 2.12. The van der Waals surface area contributed by atoms with Gasteiger partial charge < -0.3 is 5.73 Å². The highest BCUT2D eigenvalue weighted by atomic mass is 16.1. The molecule has 0 spiro atoms. The van der Waals surface area contributed by atoms with Gasteiger partial charge in [-0.15, -0.1) is 0 Å². The maximum Gasteiger partial charge on any atom is 0.180 e. The Morgan fingerprint density at radius 2 is 2.15 bits per heavy atom. The lowest BCUT2D eigenvalue weighted by Crippen LogP contribution is -2.33. The van der Waals surface area contributed by atoms with E-state index in [2.05, 4.69) is 11.9 Å². The molecule has 0 unspecified atom stereocenters. The fourth-order valence-corrected chi connectivity index (χ4v) is 0.672. The van der Waals surface area contributed by atoms with Crippen molar-refractivity contribution in [2.75, 3.05) is 13.1 Å². The van der Waals surface area contributed by atoms with Crippen molar-refractivity contribution >= 4 is 12.0 Å². The summed E-state index contributed by atoms with van der Waals surface area (Å²) in [7, 11) is 0. The first-order chi connectivity index (χ1) is 6.04. The SMILES string of the molecule is CCCCN=CC(=O)C(C)(C)CN. The van der Waals surface area contributed by atoms with Gasteiger partial charge in [0.2, 0.25) is 0 Å². The van der Waals surface area contributed by atoms with E-state index < -0.39 is 5.41 Å². The molecule has 0 aromatic heterocycles. The Morgan fingerprint density at radius 1 is 1.54 bits per heavy atom. The van der Waals surface area contributed by atoms with Crippen LogP contribution in [0.15, 0.2) is 4.99 Å². The third-order valence-electron chi connectivity index (χ3n) is 2.03. The van der Waals surface area contributed by atoms with Crippen molar-refractivity contribution in [3.63, 3.8) is 0 Å². The highest BCUT2D eigenvalue weighted by molar-refractivity contribution is 6.29. The van der Waals surface area contributed by atoms with Crippen LogP contribution in [0.4, 0.5) is 0 Å². The Kier molecular flexibility index (Phi) is 5.55. The molecule has 0 aliphatic rings. The number of rotatable bonds is 6. The van der Waals surface area contributed by atoms with Crippen LogP contribution in [-0.2, 0) is 4.79 Å². The van der Waals surface area contributed by atoms with Crippen LogP contribution >= 0.6 is 0 Å². The molecule has 0 aromatic carbocycles. The molecule has 76 valence electrons. The van der Waals surface area contributed by atoms with Crippen LogP contribution in [0.25, 0.3) is 0 Å². The largest absolute Gasteiger partial charge is 0.329 e. The van der Waals surface area contributed by atoms with Gasteiger partial charge in [0.15, 0.2) is 5.78 Å². The number of nitrogens with zero attached hydrogens (tertiary/aromatic N) is 1. The molecular formula is C10H20N2O. The molecule has 0 saturated carbocycles. The number of aliphatic imine (C=N–C) groups is 1. The van der Waals surface area contributed by atoms with Gasteiger partial charge in [-0.25, -0.2) is 0 Å². The van der Waals surface area contributed by atoms with Crippen molar-refractivity contribution in [3.05, 3.63) is 0 Å². The summed E-state index contributed by atoms with van der Waals surface area (Å²) in [6.45, 7) is 6.87. The summed E-state index contributed by atoms with van der Waals surface area (Å²) in [5, 5.41) is 0. The van der Waals surface area contributed by atoms with Crippen LogP contribution in [0.5, 0.6) is 0 Å². The lowest BCUT2D eigenvalue weighted by Gasteiger charge is -2.17. The number of carbonyl (C=O) groups excluding carboxylic acids is 1. The molecule has 0 saturated heterocycles. The summed E-state index contributed by atoms with van der Waals surface area (Å²) in [6, 6.07) is 0. The van der Waals surface area contributed by atoms with Crippen molar-refractivity contribution in [2.24, 2.45) is 16.1 Å². The Bertz CT molecular complexity index is 185. The second kappa shape index (κ2) is 5.86. The minimum atomic E-state index is -0.463. The monoisotopic (exact) mass is 184 g/mol. The summed E-state index contributed by atoms with van der Waals surface area (Å²) >= 11 is 0. The Morgan fingerprint density at radius 3 is 2.62 bits per heavy atom. The summed E-state index contributed by atoms with van der Waals surface area (Å²) in [4.78, 5) is 15.5. The normalized spacial score (nSPS) is 12.3. The van der Waals surface area contributed by atoms with Crippen molar-refractivity contribution in [1.29, 1.82) is 0 Å². The fourth-order valence-electron chi connectivity index (χ4n) is 0.672. The molecular weight excluding hydrogens is 164 g/mol. The second-order valence-corrected chi connectivity index (χ2v) is 3.84. The van der Waals surface area contributed by atoms with Gasteiger partial charge in [0.05, 0.1) is 6.21 Å². The lowest BCUT2D eigenvalue weighted by molar-refractivity contribution is -0.119. The van der Waals surface area contributed by atoms with Crippen LogP contribution in [0.2, 0.25) is 0 Å². The van der Waals surface area contributed by atoms with Crippen molar-refractivity contribution in [2.45, 2.75) is 33.6 Å². The maximum atomic E-state index is 11.4. The van der Waals surface area contributed by atoms with E-state index in [0.717, 1.165) is 19.4 Å². The second-order valence-electron chi connectivity index (χ2n) is 3.84. The molecule has 2 N–H and O–H groups in total. The summed E-state index contributed by atoms with van der Waals surface area (Å²) in [6.07, 6.45) is 3.56. The number of unbranched alkanes of at least 4 members (excludes halogenated alkanes) is 1. The fraction of sp³-hybridized carbons (Fsp3) is 0.800. The quantitative estimate of drug-likeness (QED) is 0.501. The standard InChI is InChI=1S/C10H20N2O/c1-4-5-6-12-7-9(13)10(2,3)8-11/h7H,4-6,8,11H2,1-3H3. The maximum absolute atomic E-state index is 11.4. The lowest BCUT2D eigenvalue weighted by atomic mass is 9.89. The molecule has 0 amide bonds. The zero-order chi connectivity index (χ0) is 10.3. The predicted molar refractivity (Wildman–Crippen MR) is 56.1 cm³/mol. The van der Waals surface area contributed by atoms with E-state index in [1.807, 2.05) is 13.8 Å². The van der Waals surface area contributed by atoms with Crippen LogP contribution < -0.4 is 5.73 Å². The van der Waals surface area contributed by atoms with Gasteiger partial charge in [-0.1, -0.05) is 27.2 Å². The van der Waals surface area contributed by atoms with E-state index in [-0.39, 0.29) is 5.78 Å². The summed E-state index contributed by atoms with van der Waals surface area (Å²) in [5.41, 5.74) is 4.99. The van der Waals surface area contributed by atoms with Gasteiger partial charge in [-0.05, 0) is 6.42 Å².